The second-order valence-electron chi connectivity index (χ2n) is 6.27. The molecule has 0 atom stereocenters. The average Bonchev–Trinajstić information content (AvgIpc) is 3.06. The molecule has 5 nitrogen and oxygen atoms in total. The van der Waals surface area contributed by atoms with Crippen LogP contribution in [0.2, 0.25) is 0 Å². The number of nitrogens with one attached hydrogen (secondary N) is 2. The Morgan fingerprint density at radius 1 is 1.18 bits per heavy atom. The summed E-state index contributed by atoms with van der Waals surface area (Å²) in [6, 6.07) is 5.98. The fourth-order valence-corrected chi connectivity index (χ4v) is 2.56. The lowest BCUT2D eigenvalue weighted by Gasteiger charge is -2.18. The predicted molar refractivity (Wildman–Crippen MR) is 87.6 cm³/mol. The number of ether oxygens (including phenoxy) is 2. The molecule has 0 saturated heterocycles. The highest BCUT2D eigenvalue weighted by Crippen LogP contribution is 2.35. The SMILES string of the molecule is CC(C)(C)c1[nH]ncc1CNCc1cccc2c1OCO2.Cl. The number of aromatic nitrogens is 2. The number of aromatic amines is 1. The first-order valence-corrected chi connectivity index (χ1v) is 7.16. The first kappa shape index (κ1) is 16.6. The Morgan fingerprint density at radius 3 is 2.73 bits per heavy atom. The van der Waals surface area contributed by atoms with Gasteiger partial charge in [-0.3, -0.25) is 5.10 Å². The van der Waals surface area contributed by atoms with E-state index in [2.05, 4.69) is 42.4 Å². The Morgan fingerprint density at radius 2 is 1.95 bits per heavy atom. The molecule has 2 N–H and O–H groups in total. The lowest BCUT2D eigenvalue weighted by atomic mass is 9.89. The van der Waals surface area contributed by atoms with Gasteiger partial charge in [-0.2, -0.15) is 5.10 Å². The van der Waals surface area contributed by atoms with Crippen molar-refractivity contribution in [3.8, 4) is 11.5 Å². The van der Waals surface area contributed by atoms with Crippen molar-refractivity contribution in [2.45, 2.75) is 39.3 Å². The molecular formula is C16H22ClN3O2. The van der Waals surface area contributed by atoms with Crippen LogP contribution in [0.1, 0.15) is 37.6 Å². The third-order valence-electron chi connectivity index (χ3n) is 3.58. The Kier molecular flexibility index (Phi) is 4.98. The minimum absolute atomic E-state index is 0. The van der Waals surface area contributed by atoms with Crippen LogP contribution in [0.25, 0.3) is 0 Å². The number of halogens is 1. The van der Waals surface area contributed by atoms with Crippen molar-refractivity contribution in [3.63, 3.8) is 0 Å². The van der Waals surface area contributed by atoms with Crippen LogP contribution in [-0.4, -0.2) is 17.0 Å². The molecule has 0 aliphatic carbocycles. The number of hydrogen-bond acceptors (Lipinski definition) is 4. The first-order valence-electron chi connectivity index (χ1n) is 7.16. The Hall–Kier alpha value is -1.72. The Balaban J connectivity index is 0.00000176. The summed E-state index contributed by atoms with van der Waals surface area (Å²) in [5.41, 5.74) is 3.56. The van der Waals surface area contributed by atoms with Gasteiger partial charge in [-0.15, -0.1) is 12.4 Å². The van der Waals surface area contributed by atoms with Gasteiger partial charge in [0.25, 0.3) is 0 Å². The summed E-state index contributed by atoms with van der Waals surface area (Å²) in [5.74, 6) is 1.68. The lowest BCUT2D eigenvalue weighted by molar-refractivity contribution is 0.173. The van der Waals surface area contributed by atoms with E-state index in [1.165, 1.54) is 11.3 Å². The second-order valence-corrected chi connectivity index (χ2v) is 6.27. The van der Waals surface area contributed by atoms with E-state index < -0.39 is 0 Å². The average molecular weight is 324 g/mol. The van der Waals surface area contributed by atoms with Crippen LogP contribution in [0.15, 0.2) is 24.4 Å². The summed E-state index contributed by atoms with van der Waals surface area (Å²) < 4.78 is 10.9. The van der Waals surface area contributed by atoms with E-state index >= 15 is 0 Å². The molecule has 0 spiro atoms. The van der Waals surface area contributed by atoms with Crippen LogP contribution in [0.5, 0.6) is 11.5 Å². The Labute approximate surface area is 136 Å². The van der Waals surface area contributed by atoms with E-state index in [0.29, 0.717) is 6.79 Å². The van der Waals surface area contributed by atoms with Gasteiger partial charge in [-0.25, -0.2) is 0 Å². The van der Waals surface area contributed by atoms with Gasteiger partial charge >= 0.3 is 0 Å². The number of rotatable bonds is 4. The maximum atomic E-state index is 5.51. The van der Waals surface area contributed by atoms with Gasteiger partial charge in [0.1, 0.15) is 0 Å². The zero-order valence-electron chi connectivity index (χ0n) is 13.1. The lowest BCUT2D eigenvalue weighted by Crippen LogP contribution is -2.19. The summed E-state index contributed by atoms with van der Waals surface area (Å²) in [4.78, 5) is 0. The van der Waals surface area contributed by atoms with E-state index in [1.807, 2.05) is 18.3 Å². The monoisotopic (exact) mass is 323 g/mol. The summed E-state index contributed by atoms with van der Waals surface area (Å²) in [5, 5.41) is 10.7. The maximum Gasteiger partial charge on any atom is 0.231 e. The van der Waals surface area contributed by atoms with Crippen LogP contribution in [0.4, 0.5) is 0 Å². The quantitative estimate of drug-likeness (QED) is 0.907. The molecule has 0 unspecified atom stereocenters. The number of para-hydroxylation sites is 1. The van der Waals surface area contributed by atoms with Crippen molar-refractivity contribution in [2.24, 2.45) is 0 Å². The summed E-state index contributed by atoms with van der Waals surface area (Å²) >= 11 is 0. The van der Waals surface area contributed by atoms with Crippen LogP contribution in [-0.2, 0) is 18.5 Å². The predicted octanol–water partition coefficient (Wildman–Crippen LogP) is 3.15. The molecule has 3 rings (SSSR count). The molecule has 0 saturated carbocycles. The minimum Gasteiger partial charge on any atom is -0.454 e. The molecule has 22 heavy (non-hydrogen) atoms. The summed E-state index contributed by atoms with van der Waals surface area (Å²) in [6.45, 7) is 8.36. The largest absolute Gasteiger partial charge is 0.454 e. The van der Waals surface area contributed by atoms with E-state index in [4.69, 9.17) is 9.47 Å². The highest BCUT2D eigenvalue weighted by atomic mass is 35.5. The van der Waals surface area contributed by atoms with E-state index in [1.54, 1.807) is 0 Å². The van der Waals surface area contributed by atoms with Crippen molar-refractivity contribution >= 4 is 12.4 Å². The van der Waals surface area contributed by atoms with Crippen molar-refractivity contribution in [3.05, 3.63) is 41.2 Å². The number of H-pyrrole nitrogens is 1. The van der Waals surface area contributed by atoms with Crippen LogP contribution in [0, 0.1) is 0 Å². The van der Waals surface area contributed by atoms with E-state index in [-0.39, 0.29) is 17.8 Å². The summed E-state index contributed by atoms with van der Waals surface area (Å²) in [7, 11) is 0. The minimum atomic E-state index is 0. The van der Waals surface area contributed by atoms with Crippen LogP contribution >= 0.6 is 12.4 Å². The molecule has 0 fully saturated rings. The van der Waals surface area contributed by atoms with Crippen LogP contribution < -0.4 is 14.8 Å². The standard InChI is InChI=1S/C16H21N3O2.ClH/c1-16(2,3)15-12(9-18-19-15)8-17-7-11-5-4-6-13-14(11)21-10-20-13;/h4-6,9,17H,7-8,10H2,1-3H3,(H,18,19);1H. The van der Waals surface area contributed by atoms with Crippen molar-refractivity contribution in [1.29, 1.82) is 0 Å². The maximum absolute atomic E-state index is 5.51. The molecule has 6 heteroatoms. The van der Waals surface area contributed by atoms with Gasteiger partial charge in [0, 0.05) is 35.3 Å². The van der Waals surface area contributed by atoms with Crippen molar-refractivity contribution in [1.82, 2.24) is 15.5 Å². The van der Waals surface area contributed by atoms with Gasteiger partial charge in [0.05, 0.1) is 6.20 Å². The molecule has 120 valence electrons. The fourth-order valence-electron chi connectivity index (χ4n) is 2.56. The topological polar surface area (TPSA) is 59.2 Å². The van der Waals surface area contributed by atoms with E-state index in [0.717, 1.165) is 30.2 Å². The summed E-state index contributed by atoms with van der Waals surface area (Å²) in [6.07, 6.45) is 1.89. The van der Waals surface area contributed by atoms with Crippen LogP contribution in [0.3, 0.4) is 0 Å². The van der Waals surface area contributed by atoms with Gasteiger partial charge in [-0.05, 0) is 6.07 Å². The van der Waals surface area contributed by atoms with Gasteiger partial charge < -0.3 is 14.8 Å². The third-order valence-corrected chi connectivity index (χ3v) is 3.58. The highest BCUT2D eigenvalue weighted by molar-refractivity contribution is 5.85. The highest BCUT2D eigenvalue weighted by Gasteiger charge is 2.20. The molecule has 2 aromatic rings. The zero-order chi connectivity index (χ0) is 14.9. The first-order chi connectivity index (χ1) is 10.1. The van der Waals surface area contributed by atoms with Gasteiger partial charge in [0.2, 0.25) is 6.79 Å². The normalized spacial score (nSPS) is 13.0. The molecule has 0 radical (unpaired) electrons. The van der Waals surface area contributed by atoms with Gasteiger partial charge in [-0.1, -0.05) is 32.9 Å². The van der Waals surface area contributed by atoms with E-state index in [9.17, 15) is 0 Å². The Bertz CT molecular complexity index is 635. The molecule has 0 bridgehead atoms. The molecule has 1 aliphatic rings. The zero-order valence-corrected chi connectivity index (χ0v) is 13.9. The second kappa shape index (κ2) is 6.58. The van der Waals surface area contributed by atoms with Crippen molar-refractivity contribution in [2.75, 3.05) is 6.79 Å². The van der Waals surface area contributed by atoms with Gasteiger partial charge in [0.15, 0.2) is 11.5 Å². The molecule has 1 aromatic carbocycles. The number of hydrogen-bond donors (Lipinski definition) is 2. The molecular weight excluding hydrogens is 302 g/mol. The number of nitrogens with zero attached hydrogens (tertiary/aromatic N) is 1. The van der Waals surface area contributed by atoms with Crippen molar-refractivity contribution < 1.29 is 9.47 Å². The number of benzene rings is 1. The fraction of sp³-hybridized carbons (Fsp3) is 0.438. The molecule has 0 amide bonds. The smallest absolute Gasteiger partial charge is 0.231 e. The third kappa shape index (κ3) is 3.36. The molecule has 2 heterocycles. The molecule has 1 aliphatic heterocycles. The molecule has 1 aromatic heterocycles. The number of fused-ring (bicyclic) bond motifs is 1.